The molecule has 0 spiro atoms. The molecular weight excluding hydrogens is 471 g/mol. The molecule has 0 amide bonds. The minimum atomic E-state index is 0. The van der Waals surface area contributed by atoms with Crippen LogP contribution in [-0.4, -0.2) is 27.8 Å². The fourth-order valence-electron chi connectivity index (χ4n) is 2.80. The van der Waals surface area contributed by atoms with E-state index in [2.05, 4.69) is 50.8 Å². The zero-order valence-electron chi connectivity index (χ0n) is 16.0. The van der Waals surface area contributed by atoms with Crippen LogP contribution in [0, 0.1) is 20.8 Å². The van der Waals surface area contributed by atoms with E-state index in [0.717, 1.165) is 33.6 Å². The predicted octanol–water partition coefficient (Wildman–Crippen LogP) is 3.74. The van der Waals surface area contributed by atoms with E-state index in [1.165, 1.54) is 4.88 Å². The second kappa shape index (κ2) is 9.84. The van der Waals surface area contributed by atoms with Gasteiger partial charge in [-0.1, -0.05) is 18.2 Å². The molecule has 2 aromatic heterocycles. The van der Waals surface area contributed by atoms with E-state index in [-0.39, 0.29) is 24.0 Å². The van der Waals surface area contributed by atoms with Crippen molar-refractivity contribution in [1.82, 2.24) is 25.4 Å². The van der Waals surface area contributed by atoms with Crippen LogP contribution in [0.25, 0.3) is 5.69 Å². The Bertz CT molecular complexity index is 915. The Morgan fingerprint density at radius 1 is 1.15 bits per heavy atom. The zero-order chi connectivity index (χ0) is 18.5. The molecule has 0 fully saturated rings. The lowest BCUT2D eigenvalue weighted by Gasteiger charge is -2.14. The van der Waals surface area contributed by atoms with Gasteiger partial charge in [-0.25, -0.2) is 9.67 Å². The summed E-state index contributed by atoms with van der Waals surface area (Å²) in [6, 6.07) is 10.4. The van der Waals surface area contributed by atoms with Crippen LogP contribution in [0.3, 0.4) is 0 Å². The molecule has 0 aliphatic carbocycles. The minimum Gasteiger partial charge on any atom is -0.352 e. The number of nitrogens with one attached hydrogen (secondary N) is 2. The molecule has 0 aliphatic heterocycles. The molecular formula is C19H25IN6S. The Balaban J connectivity index is 0.00000261. The second-order valence-corrected chi connectivity index (χ2v) is 7.41. The van der Waals surface area contributed by atoms with Gasteiger partial charge >= 0.3 is 0 Å². The summed E-state index contributed by atoms with van der Waals surface area (Å²) in [5, 5.41) is 12.4. The Morgan fingerprint density at radius 3 is 2.52 bits per heavy atom. The van der Waals surface area contributed by atoms with Crippen molar-refractivity contribution in [1.29, 1.82) is 0 Å². The number of hydrogen-bond acceptors (Lipinski definition) is 4. The van der Waals surface area contributed by atoms with Gasteiger partial charge in [0, 0.05) is 30.4 Å². The average Bonchev–Trinajstić information content (AvgIpc) is 3.20. The molecule has 0 aliphatic rings. The maximum Gasteiger partial charge on any atom is 0.191 e. The first-order valence-corrected chi connectivity index (χ1v) is 9.36. The number of guanidine groups is 1. The van der Waals surface area contributed by atoms with Gasteiger partial charge in [-0.05, 0) is 38.5 Å². The van der Waals surface area contributed by atoms with E-state index in [1.54, 1.807) is 18.4 Å². The number of thiazole rings is 1. The summed E-state index contributed by atoms with van der Waals surface area (Å²) in [6.07, 6.45) is 1.90. The van der Waals surface area contributed by atoms with Crippen molar-refractivity contribution >= 4 is 41.3 Å². The molecule has 0 saturated carbocycles. The lowest BCUT2D eigenvalue weighted by atomic mass is 10.1. The van der Waals surface area contributed by atoms with Crippen LogP contribution in [0.2, 0.25) is 0 Å². The van der Waals surface area contributed by atoms with E-state index in [0.29, 0.717) is 13.1 Å². The lowest BCUT2D eigenvalue weighted by molar-refractivity contribution is 0.783. The van der Waals surface area contributed by atoms with E-state index in [9.17, 15) is 0 Å². The molecule has 2 N–H and O–H groups in total. The van der Waals surface area contributed by atoms with Gasteiger partial charge in [0.1, 0.15) is 0 Å². The largest absolute Gasteiger partial charge is 0.352 e. The molecule has 0 unspecified atom stereocenters. The van der Waals surface area contributed by atoms with Crippen LogP contribution in [0.5, 0.6) is 0 Å². The van der Waals surface area contributed by atoms with Crippen LogP contribution in [0.1, 0.15) is 26.8 Å². The number of nitrogens with zero attached hydrogens (tertiary/aromatic N) is 4. The molecule has 0 bridgehead atoms. The first-order valence-electron chi connectivity index (χ1n) is 8.54. The molecule has 0 saturated heterocycles. The first-order chi connectivity index (χ1) is 12.6. The van der Waals surface area contributed by atoms with Gasteiger partial charge in [-0.2, -0.15) is 5.10 Å². The maximum atomic E-state index is 4.60. The van der Waals surface area contributed by atoms with Crippen molar-refractivity contribution in [3.63, 3.8) is 0 Å². The number of aliphatic imine (C=N–C) groups is 1. The molecule has 27 heavy (non-hydrogen) atoms. The number of para-hydroxylation sites is 1. The van der Waals surface area contributed by atoms with Crippen LogP contribution >= 0.6 is 35.3 Å². The number of benzene rings is 1. The molecule has 6 nitrogen and oxygen atoms in total. The van der Waals surface area contributed by atoms with Crippen LogP contribution in [0.4, 0.5) is 0 Å². The third-order valence-electron chi connectivity index (χ3n) is 4.00. The van der Waals surface area contributed by atoms with Crippen molar-refractivity contribution in [2.75, 3.05) is 7.05 Å². The zero-order valence-corrected chi connectivity index (χ0v) is 19.1. The van der Waals surface area contributed by atoms with Gasteiger partial charge in [0.15, 0.2) is 5.96 Å². The summed E-state index contributed by atoms with van der Waals surface area (Å²) < 4.78 is 1.99. The van der Waals surface area contributed by atoms with Crippen molar-refractivity contribution in [2.24, 2.45) is 4.99 Å². The highest BCUT2D eigenvalue weighted by Gasteiger charge is 2.09. The summed E-state index contributed by atoms with van der Waals surface area (Å²) >= 11 is 1.69. The third-order valence-corrected chi connectivity index (χ3v) is 4.91. The molecule has 3 rings (SSSR count). The van der Waals surface area contributed by atoms with Crippen molar-refractivity contribution in [3.8, 4) is 5.69 Å². The molecule has 0 atom stereocenters. The second-order valence-electron chi connectivity index (χ2n) is 6.09. The number of hydrogen-bond donors (Lipinski definition) is 2. The number of aromatic nitrogens is 3. The predicted molar refractivity (Wildman–Crippen MR) is 122 cm³/mol. The molecule has 3 aromatic rings. The highest BCUT2D eigenvalue weighted by molar-refractivity contribution is 14.0. The minimum absolute atomic E-state index is 0. The summed E-state index contributed by atoms with van der Waals surface area (Å²) in [7, 11) is 1.78. The van der Waals surface area contributed by atoms with Crippen molar-refractivity contribution in [2.45, 2.75) is 33.9 Å². The van der Waals surface area contributed by atoms with Gasteiger partial charge in [0.25, 0.3) is 0 Å². The maximum absolute atomic E-state index is 4.60. The Hall–Kier alpha value is -1.94. The van der Waals surface area contributed by atoms with Gasteiger partial charge in [-0.3, -0.25) is 4.99 Å². The molecule has 1 aromatic carbocycles. The van der Waals surface area contributed by atoms with E-state index >= 15 is 0 Å². The fourth-order valence-corrected chi connectivity index (χ4v) is 3.53. The quantitative estimate of drug-likeness (QED) is 0.321. The average molecular weight is 496 g/mol. The number of rotatable bonds is 5. The number of halogens is 1. The summed E-state index contributed by atoms with van der Waals surface area (Å²) in [6.45, 7) is 7.47. The molecule has 144 valence electrons. The fraction of sp³-hybridized carbons (Fsp3) is 0.316. The van der Waals surface area contributed by atoms with E-state index in [4.69, 9.17) is 0 Å². The molecule has 2 heterocycles. The van der Waals surface area contributed by atoms with Crippen molar-refractivity contribution in [3.05, 3.63) is 63.4 Å². The SMILES string of the molecule is CN=C(NCc1cnc(C)s1)NCc1ccccc1-n1nc(C)cc1C.I. The smallest absolute Gasteiger partial charge is 0.191 e. The lowest BCUT2D eigenvalue weighted by Crippen LogP contribution is -2.36. The molecule has 8 heteroatoms. The Kier molecular flexibility index (Phi) is 7.78. The standard InChI is InChI=1S/C19H24N6S.HI/c1-13-9-14(2)25(24-13)18-8-6-5-7-16(18)10-22-19(20-4)23-12-17-11-21-15(3)26-17;/h5-9,11H,10,12H2,1-4H3,(H2,20,22,23);1H. The third kappa shape index (κ3) is 5.52. The number of aryl methyl sites for hydroxylation is 3. The van der Waals surface area contributed by atoms with Crippen LogP contribution in [-0.2, 0) is 13.1 Å². The first kappa shape index (κ1) is 21.4. The Labute approximate surface area is 181 Å². The van der Waals surface area contributed by atoms with Gasteiger partial charge in [0.2, 0.25) is 0 Å². The van der Waals surface area contributed by atoms with Crippen molar-refractivity contribution < 1.29 is 0 Å². The molecule has 0 radical (unpaired) electrons. The highest BCUT2D eigenvalue weighted by atomic mass is 127. The van der Waals surface area contributed by atoms with E-state index < -0.39 is 0 Å². The normalized spacial score (nSPS) is 11.2. The van der Waals surface area contributed by atoms with Gasteiger partial charge in [0.05, 0.1) is 22.9 Å². The summed E-state index contributed by atoms with van der Waals surface area (Å²) in [5.41, 5.74) is 4.38. The van der Waals surface area contributed by atoms with Gasteiger partial charge < -0.3 is 10.6 Å². The summed E-state index contributed by atoms with van der Waals surface area (Å²) in [5.74, 6) is 0.763. The van der Waals surface area contributed by atoms with Gasteiger partial charge in [-0.15, -0.1) is 35.3 Å². The monoisotopic (exact) mass is 496 g/mol. The highest BCUT2D eigenvalue weighted by Crippen LogP contribution is 2.17. The van der Waals surface area contributed by atoms with Crippen LogP contribution in [0.15, 0.2) is 41.5 Å². The van der Waals surface area contributed by atoms with E-state index in [1.807, 2.05) is 36.9 Å². The Morgan fingerprint density at radius 2 is 1.89 bits per heavy atom. The topological polar surface area (TPSA) is 67.1 Å². The van der Waals surface area contributed by atoms with Crippen LogP contribution < -0.4 is 10.6 Å². The summed E-state index contributed by atoms with van der Waals surface area (Å²) in [4.78, 5) is 9.77.